The maximum absolute atomic E-state index is 13.2. The summed E-state index contributed by atoms with van der Waals surface area (Å²) in [5.41, 5.74) is 0.733. The zero-order valence-corrected chi connectivity index (χ0v) is 16.9. The summed E-state index contributed by atoms with van der Waals surface area (Å²) in [4.78, 5) is 26.6. The molecular formula is C23H29NO4. The molecule has 5 heteroatoms. The van der Waals surface area contributed by atoms with E-state index in [2.05, 4.69) is 23.1 Å². The van der Waals surface area contributed by atoms with Crippen LogP contribution in [0.1, 0.15) is 45.6 Å². The van der Waals surface area contributed by atoms with Gasteiger partial charge in [0.1, 0.15) is 11.1 Å². The van der Waals surface area contributed by atoms with Crippen molar-refractivity contribution in [1.29, 1.82) is 0 Å². The highest BCUT2D eigenvalue weighted by molar-refractivity contribution is 5.88. The fourth-order valence-corrected chi connectivity index (χ4v) is 3.88. The Morgan fingerprint density at radius 2 is 1.79 bits per heavy atom. The molecular weight excluding hydrogens is 354 g/mol. The van der Waals surface area contributed by atoms with Crippen molar-refractivity contribution in [2.24, 2.45) is 5.92 Å². The number of likely N-dealkylation sites (tertiary alicyclic amines) is 1. The minimum atomic E-state index is -0.880. The number of hydrogen-bond acceptors (Lipinski definition) is 4. The van der Waals surface area contributed by atoms with Crippen molar-refractivity contribution in [2.45, 2.75) is 51.2 Å². The third-order valence-electron chi connectivity index (χ3n) is 5.44. The first kappa shape index (κ1) is 20.3. The minimum absolute atomic E-state index is 0.270. The van der Waals surface area contributed by atoms with Crippen LogP contribution in [0.25, 0.3) is 5.57 Å². The lowest BCUT2D eigenvalue weighted by Crippen LogP contribution is -2.58. The first-order valence-corrected chi connectivity index (χ1v) is 9.87. The van der Waals surface area contributed by atoms with Crippen molar-refractivity contribution in [2.75, 3.05) is 13.1 Å². The molecule has 0 aromatic heterocycles. The van der Waals surface area contributed by atoms with Gasteiger partial charge >= 0.3 is 11.9 Å². The van der Waals surface area contributed by atoms with E-state index in [9.17, 15) is 14.7 Å². The standard InChI is InChI=1S/C23H29NO4/c1-22(2,3)28-21(27)23(24-15-11-19(12-16-24)20(25)26)13-9-18(10-14-23)17-7-5-4-6-8-17/h4-10,13,19H,11-12,14-16H2,1-3H3,(H,25,26). The van der Waals surface area contributed by atoms with Gasteiger partial charge in [0, 0.05) is 13.1 Å². The van der Waals surface area contributed by atoms with Crippen molar-refractivity contribution in [3.05, 3.63) is 54.1 Å². The van der Waals surface area contributed by atoms with Gasteiger partial charge < -0.3 is 9.84 Å². The van der Waals surface area contributed by atoms with Crippen molar-refractivity contribution in [3.63, 3.8) is 0 Å². The van der Waals surface area contributed by atoms with Crippen molar-refractivity contribution >= 4 is 17.5 Å². The van der Waals surface area contributed by atoms with Gasteiger partial charge in [-0.05, 0) is 51.2 Å². The van der Waals surface area contributed by atoms with E-state index in [0.717, 1.165) is 11.1 Å². The zero-order chi connectivity index (χ0) is 20.4. The van der Waals surface area contributed by atoms with Gasteiger partial charge in [0.05, 0.1) is 5.92 Å². The third kappa shape index (κ3) is 4.36. The van der Waals surface area contributed by atoms with Gasteiger partial charge in [-0.25, -0.2) is 4.79 Å². The van der Waals surface area contributed by atoms with Crippen LogP contribution >= 0.6 is 0 Å². The molecule has 5 nitrogen and oxygen atoms in total. The molecule has 0 bridgehead atoms. The summed E-state index contributed by atoms with van der Waals surface area (Å²) in [5, 5.41) is 9.29. The average molecular weight is 383 g/mol. The highest BCUT2D eigenvalue weighted by Gasteiger charge is 2.46. The highest BCUT2D eigenvalue weighted by Crippen LogP contribution is 2.36. The number of benzene rings is 1. The third-order valence-corrected chi connectivity index (χ3v) is 5.44. The lowest BCUT2D eigenvalue weighted by molar-refractivity contribution is -0.168. The number of hydrogen-bond donors (Lipinski definition) is 1. The van der Waals surface area contributed by atoms with E-state index >= 15 is 0 Å². The zero-order valence-electron chi connectivity index (χ0n) is 16.9. The normalized spacial score (nSPS) is 23.9. The van der Waals surface area contributed by atoms with Crippen LogP contribution in [0.5, 0.6) is 0 Å². The van der Waals surface area contributed by atoms with Gasteiger partial charge in [0.25, 0.3) is 0 Å². The summed E-state index contributed by atoms with van der Waals surface area (Å²) >= 11 is 0. The van der Waals surface area contributed by atoms with E-state index in [1.54, 1.807) is 0 Å². The number of ether oxygens (including phenoxy) is 1. The SMILES string of the molecule is CC(C)(C)OC(=O)C1(N2CCC(C(=O)O)CC2)C=CC(c2ccccc2)=CC1. The maximum Gasteiger partial charge on any atom is 0.331 e. The summed E-state index contributed by atoms with van der Waals surface area (Å²) in [5.74, 6) is -1.36. The first-order chi connectivity index (χ1) is 13.2. The van der Waals surface area contributed by atoms with Gasteiger partial charge in [0.2, 0.25) is 0 Å². The highest BCUT2D eigenvalue weighted by atomic mass is 16.6. The van der Waals surface area contributed by atoms with Gasteiger partial charge in [0.15, 0.2) is 0 Å². The number of esters is 1. The first-order valence-electron chi connectivity index (χ1n) is 9.87. The molecule has 1 N–H and O–H groups in total. The second-order valence-electron chi connectivity index (χ2n) is 8.59. The average Bonchev–Trinajstić information content (AvgIpc) is 2.67. The molecule has 28 heavy (non-hydrogen) atoms. The molecule has 150 valence electrons. The van der Waals surface area contributed by atoms with Crippen LogP contribution in [0, 0.1) is 5.92 Å². The molecule has 0 saturated carbocycles. The summed E-state index contributed by atoms with van der Waals surface area (Å²) < 4.78 is 5.77. The van der Waals surface area contributed by atoms with Gasteiger partial charge in [-0.15, -0.1) is 0 Å². The number of carboxylic acid groups (broad SMARTS) is 1. The molecule has 1 unspecified atom stereocenters. The Bertz CT molecular complexity index is 783. The summed E-state index contributed by atoms with van der Waals surface area (Å²) in [6.07, 6.45) is 7.63. The van der Waals surface area contributed by atoms with Gasteiger partial charge in [-0.2, -0.15) is 0 Å². The number of nitrogens with zero attached hydrogens (tertiary/aromatic N) is 1. The van der Waals surface area contributed by atoms with Crippen LogP contribution in [0.15, 0.2) is 48.6 Å². The Balaban J connectivity index is 1.85. The largest absolute Gasteiger partial charge is 0.481 e. The summed E-state index contributed by atoms with van der Waals surface area (Å²) in [7, 11) is 0. The van der Waals surface area contributed by atoms with Gasteiger partial charge in [-0.1, -0.05) is 48.6 Å². The monoisotopic (exact) mass is 383 g/mol. The van der Waals surface area contributed by atoms with Gasteiger partial charge in [-0.3, -0.25) is 9.69 Å². The molecule has 0 spiro atoms. The molecule has 1 atom stereocenters. The predicted octanol–water partition coefficient (Wildman–Crippen LogP) is 3.91. The Morgan fingerprint density at radius 1 is 1.14 bits per heavy atom. The molecule has 1 aromatic carbocycles. The van der Waals surface area contributed by atoms with Crippen molar-refractivity contribution < 1.29 is 19.4 Å². The molecule has 3 rings (SSSR count). The van der Waals surface area contributed by atoms with Crippen LogP contribution < -0.4 is 0 Å². The molecule has 0 amide bonds. The molecule has 0 radical (unpaired) electrons. The number of carboxylic acids is 1. The summed E-state index contributed by atoms with van der Waals surface area (Å²) in [6.45, 7) is 6.73. The van der Waals surface area contributed by atoms with Crippen LogP contribution in [-0.2, 0) is 14.3 Å². The lowest BCUT2D eigenvalue weighted by Gasteiger charge is -2.44. The fourth-order valence-electron chi connectivity index (χ4n) is 3.88. The molecule has 1 fully saturated rings. The quantitative estimate of drug-likeness (QED) is 0.799. The molecule has 1 heterocycles. The molecule has 1 saturated heterocycles. The Hall–Kier alpha value is -2.40. The van der Waals surface area contributed by atoms with E-state index in [1.165, 1.54) is 0 Å². The number of carbonyl (C=O) groups excluding carboxylic acids is 1. The lowest BCUT2D eigenvalue weighted by atomic mass is 9.82. The van der Waals surface area contributed by atoms with Crippen molar-refractivity contribution in [1.82, 2.24) is 4.90 Å². The second kappa shape index (κ2) is 7.92. The number of piperidine rings is 1. The van der Waals surface area contributed by atoms with E-state index < -0.39 is 17.1 Å². The van der Waals surface area contributed by atoms with E-state index in [1.807, 2.05) is 51.1 Å². The minimum Gasteiger partial charge on any atom is -0.481 e. The topological polar surface area (TPSA) is 66.8 Å². The van der Waals surface area contributed by atoms with Crippen molar-refractivity contribution in [3.8, 4) is 0 Å². The molecule has 1 aliphatic heterocycles. The number of carbonyl (C=O) groups is 2. The van der Waals surface area contributed by atoms with Crippen LogP contribution in [0.3, 0.4) is 0 Å². The van der Waals surface area contributed by atoms with E-state index in [-0.39, 0.29) is 11.9 Å². The molecule has 1 aliphatic carbocycles. The second-order valence-corrected chi connectivity index (χ2v) is 8.59. The van der Waals surface area contributed by atoms with Crippen LogP contribution in [-0.4, -0.2) is 46.2 Å². The smallest absolute Gasteiger partial charge is 0.331 e. The Labute approximate surface area is 166 Å². The summed E-state index contributed by atoms with van der Waals surface area (Å²) in [6, 6.07) is 10.1. The van der Waals surface area contributed by atoms with E-state index in [4.69, 9.17) is 4.74 Å². The molecule has 1 aromatic rings. The van der Waals surface area contributed by atoms with E-state index in [0.29, 0.717) is 32.4 Å². The number of allylic oxidation sites excluding steroid dienone is 2. The number of aliphatic carboxylic acids is 1. The van der Waals surface area contributed by atoms with Crippen LogP contribution in [0.4, 0.5) is 0 Å². The predicted molar refractivity (Wildman–Crippen MR) is 109 cm³/mol. The molecule has 2 aliphatic rings. The maximum atomic E-state index is 13.2. The fraction of sp³-hybridized carbons (Fsp3) is 0.478. The number of rotatable bonds is 4. The van der Waals surface area contributed by atoms with Crippen LogP contribution in [0.2, 0.25) is 0 Å². The Kier molecular flexibility index (Phi) is 5.75. The Morgan fingerprint density at radius 3 is 2.29 bits per heavy atom.